The van der Waals surface area contributed by atoms with Gasteiger partial charge in [0.1, 0.15) is 0 Å². The summed E-state index contributed by atoms with van der Waals surface area (Å²) in [6.07, 6.45) is 3.00. The van der Waals surface area contributed by atoms with Gasteiger partial charge in [-0.2, -0.15) is 5.10 Å². The normalized spacial score (nSPS) is 11.3. The molecule has 0 aliphatic rings. The highest BCUT2D eigenvalue weighted by molar-refractivity contribution is 6.31. The average Bonchev–Trinajstić information content (AvgIpc) is 2.79. The van der Waals surface area contributed by atoms with Gasteiger partial charge in [-0.05, 0) is 29.7 Å². The SMILES string of the molecule is CCc1nn(C)cc1-c1ccc(Cl)c(CNC(C)C)c1. The van der Waals surface area contributed by atoms with E-state index in [0.717, 1.165) is 29.2 Å². The fraction of sp³-hybridized carbons (Fsp3) is 0.438. The van der Waals surface area contributed by atoms with E-state index in [0.29, 0.717) is 6.04 Å². The predicted molar refractivity (Wildman–Crippen MR) is 85.0 cm³/mol. The molecule has 0 atom stereocenters. The minimum atomic E-state index is 0.444. The van der Waals surface area contributed by atoms with Gasteiger partial charge in [-0.25, -0.2) is 0 Å². The Morgan fingerprint density at radius 3 is 2.75 bits per heavy atom. The van der Waals surface area contributed by atoms with Crippen molar-refractivity contribution in [3.8, 4) is 11.1 Å². The zero-order valence-electron chi connectivity index (χ0n) is 12.6. The molecule has 0 bridgehead atoms. The van der Waals surface area contributed by atoms with E-state index in [1.807, 2.05) is 17.8 Å². The number of rotatable bonds is 5. The van der Waals surface area contributed by atoms with Gasteiger partial charge in [0.05, 0.1) is 5.69 Å². The van der Waals surface area contributed by atoms with Crippen LogP contribution in [0.2, 0.25) is 5.02 Å². The minimum absolute atomic E-state index is 0.444. The first-order valence-electron chi connectivity index (χ1n) is 7.06. The van der Waals surface area contributed by atoms with Gasteiger partial charge in [-0.15, -0.1) is 0 Å². The van der Waals surface area contributed by atoms with Gasteiger partial charge in [-0.3, -0.25) is 4.68 Å². The van der Waals surface area contributed by atoms with Crippen molar-refractivity contribution in [1.29, 1.82) is 0 Å². The maximum atomic E-state index is 6.29. The Bertz CT molecular complexity index is 587. The quantitative estimate of drug-likeness (QED) is 0.908. The third-order valence-corrected chi connectivity index (χ3v) is 3.67. The van der Waals surface area contributed by atoms with Crippen molar-refractivity contribution in [3.05, 3.63) is 40.7 Å². The second kappa shape index (κ2) is 6.42. The van der Waals surface area contributed by atoms with Crippen LogP contribution >= 0.6 is 11.6 Å². The van der Waals surface area contributed by atoms with Gasteiger partial charge in [0.15, 0.2) is 0 Å². The Morgan fingerprint density at radius 1 is 1.35 bits per heavy atom. The summed E-state index contributed by atoms with van der Waals surface area (Å²) in [6, 6.07) is 6.64. The highest BCUT2D eigenvalue weighted by Gasteiger charge is 2.10. The number of benzene rings is 1. The van der Waals surface area contributed by atoms with E-state index in [2.05, 4.69) is 49.5 Å². The molecule has 0 amide bonds. The molecule has 1 N–H and O–H groups in total. The predicted octanol–water partition coefficient (Wildman–Crippen LogP) is 3.80. The van der Waals surface area contributed by atoms with E-state index in [9.17, 15) is 0 Å². The molecule has 3 nitrogen and oxygen atoms in total. The van der Waals surface area contributed by atoms with E-state index < -0.39 is 0 Å². The number of aromatic nitrogens is 2. The largest absolute Gasteiger partial charge is 0.310 e. The van der Waals surface area contributed by atoms with Crippen LogP contribution in [0.1, 0.15) is 32.0 Å². The zero-order valence-corrected chi connectivity index (χ0v) is 13.3. The smallest absolute Gasteiger partial charge is 0.0700 e. The molecule has 0 aliphatic carbocycles. The summed E-state index contributed by atoms with van der Waals surface area (Å²) in [5.74, 6) is 0. The van der Waals surface area contributed by atoms with E-state index >= 15 is 0 Å². The first kappa shape index (κ1) is 15.1. The average molecular weight is 292 g/mol. The lowest BCUT2D eigenvalue weighted by Crippen LogP contribution is -2.21. The molecule has 0 fully saturated rings. The van der Waals surface area contributed by atoms with Crippen molar-refractivity contribution in [2.24, 2.45) is 7.05 Å². The van der Waals surface area contributed by atoms with Gasteiger partial charge < -0.3 is 5.32 Å². The van der Waals surface area contributed by atoms with Gasteiger partial charge in [0, 0.05) is 36.4 Å². The molecule has 1 heterocycles. The third-order valence-electron chi connectivity index (χ3n) is 3.30. The van der Waals surface area contributed by atoms with Crippen molar-refractivity contribution in [3.63, 3.8) is 0 Å². The first-order chi connectivity index (χ1) is 9.51. The van der Waals surface area contributed by atoms with E-state index in [1.165, 1.54) is 11.1 Å². The highest BCUT2D eigenvalue weighted by atomic mass is 35.5. The third kappa shape index (κ3) is 3.41. The lowest BCUT2D eigenvalue weighted by molar-refractivity contribution is 0.589. The van der Waals surface area contributed by atoms with Crippen LogP contribution in [0.5, 0.6) is 0 Å². The second-order valence-electron chi connectivity index (χ2n) is 5.36. The van der Waals surface area contributed by atoms with E-state index in [-0.39, 0.29) is 0 Å². The Labute approximate surface area is 126 Å². The van der Waals surface area contributed by atoms with Crippen LogP contribution in [0.25, 0.3) is 11.1 Å². The molecule has 0 radical (unpaired) electrons. The number of aryl methyl sites for hydroxylation is 2. The van der Waals surface area contributed by atoms with Gasteiger partial charge in [0.25, 0.3) is 0 Å². The molecular formula is C16H22ClN3. The maximum absolute atomic E-state index is 6.29. The van der Waals surface area contributed by atoms with Crippen LogP contribution in [0, 0.1) is 0 Å². The van der Waals surface area contributed by atoms with Crippen molar-refractivity contribution in [2.75, 3.05) is 0 Å². The number of nitrogens with zero attached hydrogens (tertiary/aromatic N) is 2. The number of hydrogen-bond acceptors (Lipinski definition) is 2. The molecule has 1 aromatic carbocycles. The molecule has 0 saturated carbocycles. The molecule has 0 unspecified atom stereocenters. The standard InChI is InChI=1S/C16H22ClN3/c1-5-16-14(10-20(4)19-16)12-6-7-15(17)13(8-12)9-18-11(2)3/h6-8,10-11,18H,5,9H2,1-4H3. The van der Waals surface area contributed by atoms with Crippen LogP contribution in [-0.2, 0) is 20.0 Å². The Morgan fingerprint density at radius 2 is 2.10 bits per heavy atom. The monoisotopic (exact) mass is 291 g/mol. The first-order valence-corrected chi connectivity index (χ1v) is 7.43. The summed E-state index contributed by atoms with van der Waals surface area (Å²) < 4.78 is 1.87. The van der Waals surface area contributed by atoms with Crippen LogP contribution < -0.4 is 5.32 Å². The van der Waals surface area contributed by atoms with Crippen LogP contribution in [0.15, 0.2) is 24.4 Å². The van der Waals surface area contributed by atoms with Gasteiger partial charge in [-0.1, -0.05) is 38.4 Å². The van der Waals surface area contributed by atoms with Crippen LogP contribution in [0.4, 0.5) is 0 Å². The molecule has 0 spiro atoms. The minimum Gasteiger partial charge on any atom is -0.310 e. The summed E-state index contributed by atoms with van der Waals surface area (Å²) >= 11 is 6.29. The van der Waals surface area contributed by atoms with E-state index in [4.69, 9.17) is 11.6 Å². The second-order valence-corrected chi connectivity index (χ2v) is 5.77. The van der Waals surface area contributed by atoms with Crippen molar-refractivity contribution in [2.45, 2.75) is 39.8 Å². The van der Waals surface area contributed by atoms with E-state index in [1.54, 1.807) is 0 Å². The summed E-state index contributed by atoms with van der Waals surface area (Å²) in [5.41, 5.74) is 4.62. The van der Waals surface area contributed by atoms with Crippen molar-refractivity contribution < 1.29 is 0 Å². The zero-order chi connectivity index (χ0) is 14.7. The Kier molecular flexibility index (Phi) is 4.84. The fourth-order valence-corrected chi connectivity index (χ4v) is 2.41. The van der Waals surface area contributed by atoms with Crippen LogP contribution in [0.3, 0.4) is 0 Å². The molecule has 20 heavy (non-hydrogen) atoms. The fourth-order valence-electron chi connectivity index (χ4n) is 2.23. The Hall–Kier alpha value is -1.32. The maximum Gasteiger partial charge on any atom is 0.0700 e. The molecule has 2 aromatic rings. The molecule has 4 heteroatoms. The number of hydrogen-bond donors (Lipinski definition) is 1. The molecule has 0 saturated heterocycles. The van der Waals surface area contributed by atoms with Gasteiger partial charge >= 0.3 is 0 Å². The van der Waals surface area contributed by atoms with Crippen molar-refractivity contribution in [1.82, 2.24) is 15.1 Å². The van der Waals surface area contributed by atoms with Crippen LogP contribution in [-0.4, -0.2) is 15.8 Å². The summed E-state index contributed by atoms with van der Waals surface area (Å²) in [6.45, 7) is 7.18. The Balaban J connectivity index is 2.35. The van der Waals surface area contributed by atoms with Crippen molar-refractivity contribution >= 4 is 11.6 Å². The molecule has 2 rings (SSSR count). The highest BCUT2D eigenvalue weighted by Crippen LogP contribution is 2.27. The topological polar surface area (TPSA) is 29.9 Å². The van der Waals surface area contributed by atoms with Gasteiger partial charge in [0.2, 0.25) is 0 Å². The lowest BCUT2D eigenvalue weighted by atomic mass is 10.0. The lowest BCUT2D eigenvalue weighted by Gasteiger charge is -2.11. The number of nitrogens with one attached hydrogen (secondary N) is 1. The summed E-state index contributed by atoms with van der Waals surface area (Å²) in [7, 11) is 1.96. The summed E-state index contributed by atoms with van der Waals surface area (Å²) in [5, 5.41) is 8.72. The molecule has 1 aromatic heterocycles. The molecule has 108 valence electrons. The molecular weight excluding hydrogens is 270 g/mol. The number of halogens is 1. The summed E-state index contributed by atoms with van der Waals surface area (Å²) in [4.78, 5) is 0. The molecule has 0 aliphatic heterocycles.